The first-order chi connectivity index (χ1) is 10.3. The standard InChI is InChI=1S/C15H19FN4O/c1-2-20-14(9-17-18-20)10-19-7-8-21-15(11-19)12-3-5-13(16)6-4-12/h3-6,9,15H,2,7-8,10-11H2,1H3. The Kier molecular flexibility index (Phi) is 4.26. The molecule has 112 valence electrons. The number of hydrogen-bond acceptors (Lipinski definition) is 4. The number of ether oxygens (including phenoxy) is 1. The Labute approximate surface area is 123 Å². The minimum absolute atomic E-state index is 0.00897. The number of hydrogen-bond donors (Lipinski definition) is 0. The third kappa shape index (κ3) is 3.28. The number of benzene rings is 1. The summed E-state index contributed by atoms with van der Waals surface area (Å²) in [5.41, 5.74) is 2.13. The number of aryl methyl sites for hydroxylation is 1. The van der Waals surface area contributed by atoms with Crippen LogP contribution in [0.5, 0.6) is 0 Å². The maximum Gasteiger partial charge on any atom is 0.123 e. The van der Waals surface area contributed by atoms with Crippen molar-refractivity contribution in [3.63, 3.8) is 0 Å². The Morgan fingerprint density at radius 1 is 1.33 bits per heavy atom. The van der Waals surface area contributed by atoms with E-state index in [9.17, 15) is 4.39 Å². The molecule has 1 aromatic carbocycles. The van der Waals surface area contributed by atoms with Crippen molar-refractivity contribution in [3.05, 3.63) is 47.5 Å². The smallest absolute Gasteiger partial charge is 0.123 e. The van der Waals surface area contributed by atoms with Gasteiger partial charge in [-0.1, -0.05) is 17.3 Å². The molecular formula is C15H19FN4O. The Bertz CT molecular complexity index is 584. The second-order valence-electron chi connectivity index (χ2n) is 5.19. The Hall–Kier alpha value is -1.79. The summed E-state index contributed by atoms with van der Waals surface area (Å²) in [5.74, 6) is -0.218. The van der Waals surface area contributed by atoms with Gasteiger partial charge in [0.2, 0.25) is 0 Å². The number of rotatable bonds is 4. The van der Waals surface area contributed by atoms with Gasteiger partial charge in [0.15, 0.2) is 0 Å². The van der Waals surface area contributed by atoms with Gasteiger partial charge in [0.25, 0.3) is 0 Å². The lowest BCUT2D eigenvalue weighted by Crippen LogP contribution is -2.38. The summed E-state index contributed by atoms with van der Waals surface area (Å²) in [4.78, 5) is 2.32. The van der Waals surface area contributed by atoms with Crippen LogP contribution in [-0.4, -0.2) is 39.6 Å². The van der Waals surface area contributed by atoms with Crippen LogP contribution >= 0.6 is 0 Å². The Morgan fingerprint density at radius 3 is 2.90 bits per heavy atom. The predicted molar refractivity (Wildman–Crippen MR) is 76.1 cm³/mol. The van der Waals surface area contributed by atoms with Gasteiger partial charge in [0.05, 0.1) is 24.6 Å². The highest BCUT2D eigenvalue weighted by atomic mass is 19.1. The molecule has 5 nitrogen and oxygen atoms in total. The number of morpholine rings is 1. The summed E-state index contributed by atoms with van der Waals surface area (Å²) in [6, 6.07) is 6.55. The maximum atomic E-state index is 13.0. The molecule has 1 unspecified atom stereocenters. The molecule has 1 saturated heterocycles. The van der Waals surface area contributed by atoms with E-state index in [1.165, 1.54) is 12.1 Å². The summed E-state index contributed by atoms with van der Waals surface area (Å²) in [7, 11) is 0. The zero-order valence-corrected chi connectivity index (χ0v) is 12.1. The quantitative estimate of drug-likeness (QED) is 0.864. The molecule has 0 aliphatic carbocycles. The minimum Gasteiger partial charge on any atom is -0.371 e. The molecule has 21 heavy (non-hydrogen) atoms. The minimum atomic E-state index is -0.218. The lowest BCUT2D eigenvalue weighted by Gasteiger charge is -2.33. The van der Waals surface area contributed by atoms with Gasteiger partial charge < -0.3 is 4.74 Å². The fourth-order valence-electron chi connectivity index (χ4n) is 2.62. The number of aromatic nitrogens is 3. The van der Waals surface area contributed by atoms with E-state index >= 15 is 0 Å². The van der Waals surface area contributed by atoms with Gasteiger partial charge in [-0.15, -0.1) is 5.10 Å². The normalized spacial score (nSPS) is 19.8. The topological polar surface area (TPSA) is 43.2 Å². The van der Waals surface area contributed by atoms with Crippen LogP contribution in [0.15, 0.2) is 30.5 Å². The first kappa shape index (κ1) is 14.2. The van der Waals surface area contributed by atoms with E-state index in [1.54, 1.807) is 12.1 Å². The van der Waals surface area contributed by atoms with E-state index < -0.39 is 0 Å². The molecule has 1 atom stereocenters. The van der Waals surface area contributed by atoms with Crippen molar-refractivity contribution in [1.82, 2.24) is 19.9 Å². The SMILES string of the molecule is CCn1nncc1CN1CCOC(c2ccc(F)cc2)C1. The molecule has 3 rings (SSSR count). The molecule has 0 amide bonds. The number of nitrogens with zero attached hydrogens (tertiary/aromatic N) is 4. The zero-order valence-electron chi connectivity index (χ0n) is 12.1. The summed E-state index contributed by atoms with van der Waals surface area (Å²) in [6.07, 6.45) is 1.80. The van der Waals surface area contributed by atoms with Gasteiger partial charge in [-0.3, -0.25) is 4.90 Å². The van der Waals surface area contributed by atoms with E-state index in [-0.39, 0.29) is 11.9 Å². The molecule has 1 aliphatic heterocycles. The molecule has 0 N–H and O–H groups in total. The van der Waals surface area contributed by atoms with Crippen molar-refractivity contribution < 1.29 is 9.13 Å². The van der Waals surface area contributed by atoms with Gasteiger partial charge in [-0.2, -0.15) is 0 Å². The third-order valence-corrected chi connectivity index (χ3v) is 3.78. The van der Waals surface area contributed by atoms with E-state index in [4.69, 9.17) is 4.74 Å². The van der Waals surface area contributed by atoms with Crippen LogP contribution < -0.4 is 0 Å². The summed E-state index contributed by atoms with van der Waals surface area (Å²) >= 11 is 0. The fourth-order valence-corrected chi connectivity index (χ4v) is 2.62. The highest BCUT2D eigenvalue weighted by Crippen LogP contribution is 2.23. The molecule has 0 bridgehead atoms. The first-order valence-electron chi connectivity index (χ1n) is 7.23. The Balaban J connectivity index is 1.67. The molecule has 1 aromatic heterocycles. The van der Waals surface area contributed by atoms with Gasteiger partial charge in [0, 0.05) is 26.2 Å². The van der Waals surface area contributed by atoms with Crippen LogP contribution in [-0.2, 0) is 17.8 Å². The van der Waals surface area contributed by atoms with Crippen LogP contribution in [0.2, 0.25) is 0 Å². The van der Waals surface area contributed by atoms with Crippen LogP contribution in [0.1, 0.15) is 24.3 Å². The molecule has 0 radical (unpaired) electrons. The van der Waals surface area contributed by atoms with E-state index in [0.717, 1.165) is 37.4 Å². The summed E-state index contributed by atoms with van der Waals surface area (Å²) in [6.45, 7) is 6.03. The van der Waals surface area contributed by atoms with Gasteiger partial charge in [-0.05, 0) is 24.6 Å². The van der Waals surface area contributed by atoms with Crippen molar-refractivity contribution in [2.45, 2.75) is 26.1 Å². The third-order valence-electron chi connectivity index (χ3n) is 3.78. The van der Waals surface area contributed by atoms with E-state index in [1.807, 2.05) is 10.9 Å². The highest BCUT2D eigenvalue weighted by Gasteiger charge is 2.22. The van der Waals surface area contributed by atoms with Crippen LogP contribution in [0.3, 0.4) is 0 Å². The molecule has 1 aliphatic rings. The second kappa shape index (κ2) is 6.32. The van der Waals surface area contributed by atoms with Crippen LogP contribution in [0, 0.1) is 5.82 Å². The Morgan fingerprint density at radius 2 is 2.14 bits per heavy atom. The van der Waals surface area contributed by atoms with Crippen molar-refractivity contribution in [2.24, 2.45) is 0 Å². The van der Waals surface area contributed by atoms with Gasteiger partial charge in [-0.25, -0.2) is 9.07 Å². The predicted octanol–water partition coefficient (Wildman–Crippen LogP) is 2.01. The van der Waals surface area contributed by atoms with Gasteiger partial charge >= 0.3 is 0 Å². The molecule has 6 heteroatoms. The molecular weight excluding hydrogens is 271 g/mol. The lowest BCUT2D eigenvalue weighted by molar-refractivity contribution is -0.0336. The van der Waals surface area contributed by atoms with Crippen molar-refractivity contribution in [2.75, 3.05) is 19.7 Å². The average Bonchev–Trinajstić information content (AvgIpc) is 2.95. The molecule has 2 heterocycles. The summed E-state index contributed by atoms with van der Waals surface area (Å²) in [5, 5.41) is 8.01. The lowest BCUT2D eigenvalue weighted by atomic mass is 10.1. The highest BCUT2D eigenvalue weighted by molar-refractivity contribution is 5.19. The van der Waals surface area contributed by atoms with E-state index in [2.05, 4.69) is 22.1 Å². The van der Waals surface area contributed by atoms with Crippen molar-refractivity contribution >= 4 is 0 Å². The van der Waals surface area contributed by atoms with Crippen molar-refractivity contribution in [3.8, 4) is 0 Å². The van der Waals surface area contributed by atoms with Gasteiger partial charge in [0.1, 0.15) is 5.82 Å². The number of halogens is 1. The largest absolute Gasteiger partial charge is 0.371 e. The molecule has 0 spiro atoms. The average molecular weight is 290 g/mol. The zero-order chi connectivity index (χ0) is 14.7. The van der Waals surface area contributed by atoms with E-state index in [0.29, 0.717) is 6.61 Å². The summed E-state index contributed by atoms with van der Waals surface area (Å²) < 4.78 is 20.7. The fraction of sp³-hybridized carbons (Fsp3) is 0.467. The molecule has 1 fully saturated rings. The van der Waals surface area contributed by atoms with Crippen LogP contribution in [0.25, 0.3) is 0 Å². The first-order valence-corrected chi connectivity index (χ1v) is 7.23. The van der Waals surface area contributed by atoms with Crippen LogP contribution in [0.4, 0.5) is 4.39 Å². The van der Waals surface area contributed by atoms with Crippen molar-refractivity contribution in [1.29, 1.82) is 0 Å². The molecule has 0 saturated carbocycles. The maximum absolute atomic E-state index is 13.0. The monoisotopic (exact) mass is 290 g/mol. The second-order valence-corrected chi connectivity index (χ2v) is 5.19. The molecule has 2 aromatic rings.